The molecule has 1 N–H and O–H groups in total. The number of aliphatic carboxylic acids is 1. The molecule has 0 rings (SSSR count). The van der Waals surface area contributed by atoms with Crippen molar-refractivity contribution in [2.45, 2.75) is 32.2 Å². The van der Waals surface area contributed by atoms with Crippen molar-refractivity contribution in [3.05, 3.63) is 0 Å². The number of isocyanates is 1. The monoisotopic (exact) mass is 157 g/mol. The van der Waals surface area contributed by atoms with Crippen molar-refractivity contribution in [1.29, 1.82) is 0 Å². The smallest absolute Gasteiger partial charge is 0.303 e. The van der Waals surface area contributed by atoms with Gasteiger partial charge in [-0.15, -0.1) is 0 Å². The standard InChI is InChI=1S/C7H11NO3/c1-7(2,8-5-9)4-3-6(10)11/h3-4H2,1-2H3,(H,10,11). The summed E-state index contributed by atoms with van der Waals surface area (Å²) in [4.78, 5) is 23.4. The molecule has 4 nitrogen and oxygen atoms in total. The Morgan fingerprint density at radius 3 is 2.55 bits per heavy atom. The van der Waals surface area contributed by atoms with Crippen LogP contribution in [0.25, 0.3) is 0 Å². The molecule has 0 heterocycles. The molecule has 0 bridgehead atoms. The first-order chi connectivity index (χ1) is 4.98. The third-order valence-electron chi connectivity index (χ3n) is 1.30. The van der Waals surface area contributed by atoms with E-state index in [1.165, 1.54) is 6.08 Å². The van der Waals surface area contributed by atoms with Gasteiger partial charge >= 0.3 is 5.97 Å². The van der Waals surface area contributed by atoms with Gasteiger partial charge in [-0.05, 0) is 20.3 Å². The van der Waals surface area contributed by atoms with E-state index in [1.54, 1.807) is 13.8 Å². The van der Waals surface area contributed by atoms with Crippen LogP contribution in [0.15, 0.2) is 4.99 Å². The van der Waals surface area contributed by atoms with Gasteiger partial charge in [0.2, 0.25) is 6.08 Å². The maximum Gasteiger partial charge on any atom is 0.303 e. The summed E-state index contributed by atoms with van der Waals surface area (Å²) in [5.41, 5.74) is -0.597. The Bertz CT molecular complexity index is 192. The van der Waals surface area contributed by atoms with Crippen LogP contribution in [0.1, 0.15) is 26.7 Å². The first-order valence-corrected chi connectivity index (χ1v) is 3.29. The summed E-state index contributed by atoms with van der Waals surface area (Å²) in [5.74, 6) is -0.876. The molecule has 0 aromatic rings. The second-order valence-electron chi connectivity index (χ2n) is 2.91. The predicted molar refractivity (Wildman–Crippen MR) is 39.1 cm³/mol. The molecule has 0 aromatic carbocycles. The minimum absolute atomic E-state index is 0.0260. The quantitative estimate of drug-likeness (QED) is 0.488. The third kappa shape index (κ3) is 5.30. The summed E-state index contributed by atoms with van der Waals surface area (Å²) >= 11 is 0. The zero-order valence-electron chi connectivity index (χ0n) is 6.63. The first kappa shape index (κ1) is 9.85. The summed E-state index contributed by atoms with van der Waals surface area (Å²) < 4.78 is 0. The Balaban J connectivity index is 3.91. The molecule has 0 saturated heterocycles. The van der Waals surface area contributed by atoms with Gasteiger partial charge in [0.15, 0.2) is 0 Å². The first-order valence-electron chi connectivity index (χ1n) is 3.29. The fourth-order valence-corrected chi connectivity index (χ4v) is 0.592. The number of nitrogens with zero attached hydrogens (tertiary/aromatic N) is 1. The number of aliphatic imine (C=N–C) groups is 1. The van der Waals surface area contributed by atoms with Gasteiger partial charge < -0.3 is 5.11 Å². The summed E-state index contributed by atoms with van der Waals surface area (Å²) in [7, 11) is 0. The Morgan fingerprint density at radius 2 is 2.18 bits per heavy atom. The Kier molecular flexibility index (Phi) is 3.48. The van der Waals surface area contributed by atoms with E-state index in [1.807, 2.05) is 0 Å². The van der Waals surface area contributed by atoms with Gasteiger partial charge in [-0.3, -0.25) is 4.79 Å². The molecule has 0 aliphatic carbocycles. The summed E-state index contributed by atoms with van der Waals surface area (Å²) in [5, 5.41) is 8.30. The summed E-state index contributed by atoms with van der Waals surface area (Å²) in [6, 6.07) is 0. The van der Waals surface area contributed by atoms with Crippen LogP contribution >= 0.6 is 0 Å². The van der Waals surface area contributed by atoms with Crippen LogP contribution in [0.5, 0.6) is 0 Å². The van der Waals surface area contributed by atoms with Crippen molar-refractivity contribution in [3.63, 3.8) is 0 Å². The molecule has 0 unspecified atom stereocenters. The number of carboxylic acids is 1. The highest BCUT2D eigenvalue weighted by Gasteiger charge is 2.17. The minimum atomic E-state index is -0.876. The van der Waals surface area contributed by atoms with E-state index in [2.05, 4.69) is 4.99 Å². The lowest BCUT2D eigenvalue weighted by atomic mass is 10.00. The fourth-order valence-electron chi connectivity index (χ4n) is 0.592. The summed E-state index contributed by atoms with van der Waals surface area (Å²) in [6.45, 7) is 3.39. The number of rotatable bonds is 4. The van der Waals surface area contributed by atoms with Crippen molar-refractivity contribution in [2.75, 3.05) is 0 Å². The topological polar surface area (TPSA) is 66.7 Å². The van der Waals surface area contributed by atoms with Crippen LogP contribution in [0.4, 0.5) is 0 Å². The lowest BCUT2D eigenvalue weighted by Crippen LogP contribution is -2.17. The molecule has 0 fully saturated rings. The lowest BCUT2D eigenvalue weighted by molar-refractivity contribution is -0.137. The number of hydrogen-bond acceptors (Lipinski definition) is 3. The normalized spacial score (nSPS) is 10.4. The van der Waals surface area contributed by atoms with Crippen molar-refractivity contribution in [3.8, 4) is 0 Å². The van der Waals surface area contributed by atoms with Crippen molar-refractivity contribution >= 4 is 12.0 Å². The fraction of sp³-hybridized carbons (Fsp3) is 0.714. The van der Waals surface area contributed by atoms with Crippen molar-refractivity contribution in [2.24, 2.45) is 4.99 Å². The molecule has 0 radical (unpaired) electrons. The van der Waals surface area contributed by atoms with Crippen molar-refractivity contribution < 1.29 is 14.7 Å². The van der Waals surface area contributed by atoms with Gasteiger partial charge in [-0.1, -0.05) is 0 Å². The van der Waals surface area contributed by atoms with Crippen LogP contribution in [-0.2, 0) is 9.59 Å². The third-order valence-corrected chi connectivity index (χ3v) is 1.30. The van der Waals surface area contributed by atoms with E-state index in [0.29, 0.717) is 6.42 Å². The zero-order chi connectivity index (χ0) is 8.91. The molecule has 62 valence electrons. The second-order valence-corrected chi connectivity index (χ2v) is 2.91. The SMILES string of the molecule is CC(C)(CCC(=O)O)N=C=O. The molecule has 0 spiro atoms. The van der Waals surface area contributed by atoms with Gasteiger partial charge in [0.05, 0.1) is 5.54 Å². The minimum Gasteiger partial charge on any atom is -0.481 e. The Labute approximate surface area is 64.9 Å². The highest BCUT2D eigenvalue weighted by atomic mass is 16.4. The van der Waals surface area contributed by atoms with E-state index in [4.69, 9.17) is 5.11 Å². The number of hydrogen-bond donors (Lipinski definition) is 1. The average molecular weight is 157 g/mol. The van der Waals surface area contributed by atoms with Gasteiger partial charge in [0.1, 0.15) is 0 Å². The zero-order valence-corrected chi connectivity index (χ0v) is 6.63. The molecular formula is C7H11NO3. The number of carbonyl (C=O) groups excluding carboxylic acids is 1. The number of carboxylic acid groups (broad SMARTS) is 1. The van der Waals surface area contributed by atoms with E-state index < -0.39 is 11.5 Å². The van der Waals surface area contributed by atoms with E-state index in [9.17, 15) is 9.59 Å². The molecule has 0 aliphatic rings. The Morgan fingerprint density at radius 1 is 1.64 bits per heavy atom. The molecular weight excluding hydrogens is 146 g/mol. The molecule has 0 aromatic heterocycles. The molecule has 0 amide bonds. The van der Waals surface area contributed by atoms with E-state index in [-0.39, 0.29) is 6.42 Å². The maximum atomic E-state index is 10.1. The van der Waals surface area contributed by atoms with Crippen LogP contribution in [-0.4, -0.2) is 22.7 Å². The molecule has 0 saturated carbocycles. The predicted octanol–water partition coefficient (Wildman–Crippen LogP) is 0.966. The van der Waals surface area contributed by atoms with Crippen LogP contribution in [0.3, 0.4) is 0 Å². The van der Waals surface area contributed by atoms with Gasteiger partial charge in [0, 0.05) is 6.42 Å². The maximum absolute atomic E-state index is 10.1. The highest BCUT2D eigenvalue weighted by Crippen LogP contribution is 2.15. The van der Waals surface area contributed by atoms with Gasteiger partial charge in [-0.25, -0.2) is 4.79 Å². The summed E-state index contributed by atoms with van der Waals surface area (Å²) in [6.07, 6.45) is 1.80. The van der Waals surface area contributed by atoms with Crippen LogP contribution in [0.2, 0.25) is 0 Å². The molecule has 0 atom stereocenters. The molecule has 11 heavy (non-hydrogen) atoms. The van der Waals surface area contributed by atoms with Gasteiger partial charge in [0.25, 0.3) is 0 Å². The van der Waals surface area contributed by atoms with Crippen LogP contribution in [0, 0.1) is 0 Å². The van der Waals surface area contributed by atoms with Crippen molar-refractivity contribution in [1.82, 2.24) is 0 Å². The highest BCUT2D eigenvalue weighted by molar-refractivity contribution is 5.66. The van der Waals surface area contributed by atoms with E-state index >= 15 is 0 Å². The van der Waals surface area contributed by atoms with E-state index in [0.717, 1.165) is 0 Å². The van der Waals surface area contributed by atoms with Gasteiger partial charge in [-0.2, -0.15) is 4.99 Å². The van der Waals surface area contributed by atoms with Crippen LogP contribution < -0.4 is 0 Å². The molecule has 4 heteroatoms. The number of carbonyl (C=O) groups is 1. The molecule has 0 aliphatic heterocycles. The lowest BCUT2D eigenvalue weighted by Gasteiger charge is -2.14. The Hall–Kier alpha value is -1.15. The largest absolute Gasteiger partial charge is 0.481 e. The second kappa shape index (κ2) is 3.88. The average Bonchev–Trinajstić information content (AvgIpc) is 1.84.